The zero-order valence-corrected chi connectivity index (χ0v) is 17.0. The van der Waals surface area contributed by atoms with E-state index in [1.165, 1.54) is 7.11 Å². The zero-order valence-electron chi connectivity index (χ0n) is 17.0. The molecule has 1 saturated carbocycles. The van der Waals surface area contributed by atoms with Crippen LogP contribution in [-0.2, 0) is 20.7 Å². The molecule has 1 aromatic rings. The Morgan fingerprint density at radius 2 is 1.65 bits per heavy atom. The highest BCUT2D eigenvalue weighted by atomic mass is 16.5. The second-order valence-electron chi connectivity index (χ2n) is 7.13. The Bertz CT molecular complexity index is 534. The first-order valence-corrected chi connectivity index (χ1v) is 9.93. The molecule has 1 aliphatic rings. The van der Waals surface area contributed by atoms with E-state index in [1.807, 2.05) is 44.2 Å². The van der Waals surface area contributed by atoms with E-state index in [4.69, 9.17) is 4.74 Å². The zero-order chi connectivity index (χ0) is 19.5. The van der Waals surface area contributed by atoms with Gasteiger partial charge in [0, 0.05) is 12.3 Å². The lowest BCUT2D eigenvalue weighted by atomic mass is 9.76. The van der Waals surface area contributed by atoms with E-state index < -0.39 is 6.04 Å². The van der Waals surface area contributed by atoms with Crippen molar-refractivity contribution in [3.8, 4) is 0 Å². The molecule has 0 radical (unpaired) electrons. The number of carbonyl (C=O) groups excluding carboxylic acids is 2. The fraction of sp³-hybridized carbons (Fsp3) is 0.636. The highest BCUT2D eigenvalue weighted by Gasteiger charge is 2.30. The van der Waals surface area contributed by atoms with E-state index in [0.29, 0.717) is 12.3 Å². The Morgan fingerprint density at radius 1 is 1.08 bits per heavy atom. The summed E-state index contributed by atoms with van der Waals surface area (Å²) in [7, 11) is 1.36. The van der Waals surface area contributed by atoms with Crippen LogP contribution in [0.25, 0.3) is 0 Å². The molecule has 1 fully saturated rings. The SMILES string of the molecule is CC.COC(=O)[C@@H](Cc1ccccc1)NC(=O)C1CCC(C(C)C)CC1. The van der Waals surface area contributed by atoms with Crippen molar-refractivity contribution < 1.29 is 14.3 Å². The van der Waals surface area contributed by atoms with Crippen molar-refractivity contribution in [1.29, 1.82) is 0 Å². The topological polar surface area (TPSA) is 55.4 Å². The first kappa shape index (κ1) is 22.2. The van der Waals surface area contributed by atoms with Crippen molar-refractivity contribution >= 4 is 11.9 Å². The fourth-order valence-electron chi connectivity index (χ4n) is 3.52. The Morgan fingerprint density at radius 3 is 2.15 bits per heavy atom. The normalized spacial score (nSPS) is 20.5. The highest BCUT2D eigenvalue weighted by Crippen LogP contribution is 2.33. The van der Waals surface area contributed by atoms with Gasteiger partial charge >= 0.3 is 5.97 Å². The van der Waals surface area contributed by atoms with Gasteiger partial charge in [0.05, 0.1) is 7.11 Å². The van der Waals surface area contributed by atoms with Gasteiger partial charge in [-0.05, 0) is 43.1 Å². The first-order chi connectivity index (χ1) is 12.5. The molecule has 0 saturated heterocycles. The van der Waals surface area contributed by atoms with Gasteiger partial charge in [-0.25, -0.2) is 4.79 Å². The van der Waals surface area contributed by atoms with Gasteiger partial charge in [-0.3, -0.25) is 4.79 Å². The van der Waals surface area contributed by atoms with Gasteiger partial charge in [0.15, 0.2) is 0 Å². The Kier molecular flexibility index (Phi) is 10.0. The van der Waals surface area contributed by atoms with Crippen LogP contribution in [0.5, 0.6) is 0 Å². The lowest BCUT2D eigenvalue weighted by molar-refractivity contribution is -0.145. The van der Waals surface area contributed by atoms with Crippen LogP contribution in [0.3, 0.4) is 0 Å². The second-order valence-corrected chi connectivity index (χ2v) is 7.13. The first-order valence-electron chi connectivity index (χ1n) is 9.93. The molecule has 1 atom stereocenters. The second kappa shape index (κ2) is 11.7. The van der Waals surface area contributed by atoms with Crippen LogP contribution in [0, 0.1) is 17.8 Å². The van der Waals surface area contributed by atoms with Gasteiger partial charge in [0.25, 0.3) is 0 Å². The number of carbonyl (C=O) groups is 2. The molecule has 1 N–H and O–H groups in total. The van der Waals surface area contributed by atoms with E-state index in [2.05, 4.69) is 19.2 Å². The van der Waals surface area contributed by atoms with E-state index in [1.54, 1.807) is 0 Å². The number of hydrogen-bond acceptors (Lipinski definition) is 3. The third-order valence-corrected chi connectivity index (χ3v) is 5.17. The Hall–Kier alpha value is -1.84. The van der Waals surface area contributed by atoms with Gasteiger partial charge in [0.1, 0.15) is 6.04 Å². The standard InChI is InChI=1S/C20H29NO3.C2H6/c1-14(2)16-9-11-17(12-10-16)19(22)21-18(20(23)24-3)13-15-7-5-4-6-8-15;1-2/h4-8,14,16-18H,9-13H2,1-3H3,(H,21,22);1-2H3/t16?,17?,18-;/m1./s1. The number of nitrogens with one attached hydrogen (secondary N) is 1. The number of benzene rings is 1. The van der Waals surface area contributed by atoms with Gasteiger partial charge in [-0.2, -0.15) is 0 Å². The van der Waals surface area contributed by atoms with Crippen molar-refractivity contribution in [1.82, 2.24) is 5.32 Å². The molecule has 0 aromatic heterocycles. The van der Waals surface area contributed by atoms with Crippen molar-refractivity contribution in [3.05, 3.63) is 35.9 Å². The molecule has 0 unspecified atom stereocenters. The minimum atomic E-state index is -0.618. The van der Waals surface area contributed by atoms with Crippen molar-refractivity contribution in [2.45, 2.75) is 65.8 Å². The number of rotatable bonds is 6. The smallest absolute Gasteiger partial charge is 0.328 e. The van der Waals surface area contributed by atoms with Gasteiger partial charge in [0.2, 0.25) is 5.91 Å². The summed E-state index contributed by atoms with van der Waals surface area (Å²) in [6.45, 7) is 8.50. The van der Waals surface area contributed by atoms with E-state index in [0.717, 1.165) is 37.2 Å². The van der Waals surface area contributed by atoms with Gasteiger partial charge < -0.3 is 10.1 Å². The minimum Gasteiger partial charge on any atom is -0.467 e. The van der Waals surface area contributed by atoms with Crippen LogP contribution in [0.1, 0.15) is 58.9 Å². The number of ether oxygens (including phenoxy) is 1. The summed E-state index contributed by atoms with van der Waals surface area (Å²) >= 11 is 0. The van der Waals surface area contributed by atoms with Gasteiger partial charge in [-0.15, -0.1) is 0 Å². The molecule has 146 valence electrons. The number of amides is 1. The summed E-state index contributed by atoms with van der Waals surface area (Å²) in [6, 6.07) is 9.08. The maximum absolute atomic E-state index is 12.6. The number of methoxy groups -OCH3 is 1. The quantitative estimate of drug-likeness (QED) is 0.765. The molecule has 26 heavy (non-hydrogen) atoms. The minimum absolute atomic E-state index is 0.0106. The average Bonchev–Trinajstić information content (AvgIpc) is 2.69. The van der Waals surface area contributed by atoms with Crippen molar-refractivity contribution in [2.75, 3.05) is 7.11 Å². The van der Waals surface area contributed by atoms with Crippen LogP contribution in [0.2, 0.25) is 0 Å². The van der Waals surface area contributed by atoms with E-state index in [9.17, 15) is 9.59 Å². The monoisotopic (exact) mass is 361 g/mol. The fourth-order valence-corrected chi connectivity index (χ4v) is 3.52. The largest absolute Gasteiger partial charge is 0.467 e. The molecule has 0 spiro atoms. The molecular formula is C22H35NO3. The van der Waals surface area contributed by atoms with Crippen molar-refractivity contribution in [2.24, 2.45) is 17.8 Å². The summed E-state index contributed by atoms with van der Waals surface area (Å²) in [5, 5.41) is 2.92. The molecule has 1 aromatic carbocycles. The van der Waals surface area contributed by atoms with Gasteiger partial charge in [-0.1, -0.05) is 58.0 Å². The van der Waals surface area contributed by atoms with Crippen LogP contribution >= 0.6 is 0 Å². The molecule has 4 nitrogen and oxygen atoms in total. The Balaban J connectivity index is 0.00000163. The highest BCUT2D eigenvalue weighted by molar-refractivity contribution is 5.86. The molecule has 0 bridgehead atoms. The molecule has 1 aliphatic carbocycles. The molecule has 4 heteroatoms. The van der Waals surface area contributed by atoms with E-state index >= 15 is 0 Å². The van der Waals surface area contributed by atoms with E-state index in [-0.39, 0.29) is 17.8 Å². The number of hydrogen-bond donors (Lipinski definition) is 1. The lowest BCUT2D eigenvalue weighted by Gasteiger charge is -2.31. The molecule has 2 rings (SSSR count). The summed E-state index contributed by atoms with van der Waals surface area (Å²) in [5.41, 5.74) is 1.01. The molecule has 1 amide bonds. The molecular weight excluding hydrogens is 326 g/mol. The van der Waals surface area contributed by atoms with Crippen LogP contribution < -0.4 is 5.32 Å². The lowest BCUT2D eigenvalue weighted by Crippen LogP contribution is -2.46. The van der Waals surface area contributed by atoms with Crippen molar-refractivity contribution in [3.63, 3.8) is 0 Å². The maximum atomic E-state index is 12.6. The molecule has 0 aliphatic heterocycles. The van der Waals surface area contributed by atoms with Crippen LogP contribution in [0.15, 0.2) is 30.3 Å². The summed E-state index contributed by atoms with van der Waals surface area (Å²) < 4.78 is 4.87. The Labute approximate surface area is 158 Å². The maximum Gasteiger partial charge on any atom is 0.328 e. The average molecular weight is 362 g/mol. The third-order valence-electron chi connectivity index (χ3n) is 5.17. The third kappa shape index (κ3) is 6.81. The number of esters is 1. The predicted octanol–water partition coefficient (Wildman–Crippen LogP) is 4.38. The van der Waals surface area contributed by atoms with Crippen LogP contribution in [-0.4, -0.2) is 25.0 Å². The summed E-state index contributed by atoms with van der Waals surface area (Å²) in [6.07, 6.45) is 4.47. The molecule has 0 heterocycles. The summed E-state index contributed by atoms with van der Waals surface area (Å²) in [4.78, 5) is 24.6. The predicted molar refractivity (Wildman–Crippen MR) is 106 cm³/mol. The van der Waals surface area contributed by atoms with Crippen LogP contribution in [0.4, 0.5) is 0 Å². The summed E-state index contributed by atoms with van der Waals surface area (Å²) in [5.74, 6) is 1.01.